The number of methoxy groups -OCH3 is 2. The number of halogens is 6. The normalized spacial score (nSPS) is 12.1. The summed E-state index contributed by atoms with van der Waals surface area (Å²) in [5.41, 5.74) is -3.34. The molecular weight excluding hydrogens is 404 g/mol. The van der Waals surface area contributed by atoms with Crippen molar-refractivity contribution in [3.8, 4) is 11.5 Å². The molecule has 0 radical (unpaired) electrons. The van der Waals surface area contributed by atoms with Gasteiger partial charge in [0.2, 0.25) is 5.91 Å². The van der Waals surface area contributed by atoms with Crippen LogP contribution in [0.25, 0.3) is 6.08 Å². The Hall–Kier alpha value is -3.17. The number of hydrogen-bond acceptors (Lipinski definition) is 3. The average molecular weight is 419 g/mol. The van der Waals surface area contributed by atoms with E-state index < -0.39 is 35.1 Å². The Balaban J connectivity index is 2.33. The van der Waals surface area contributed by atoms with Gasteiger partial charge in [-0.05, 0) is 36.4 Å². The molecule has 0 unspecified atom stereocenters. The maximum atomic E-state index is 12.9. The monoisotopic (exact) mass is 419 g/mol. The number of hydrogen-bond donors (Lipinski definition) is 1. The zero-order valence-electron chi connectivity index (χ0n) is 15.1. The molecule has 10 heteroatoms. The molecule has 0 bridgehead atoms. The SMILES string of the molecule is COc1cccc(OC)c1/C=C/C(=O)Nc1cc(C(F)(F)F)cc(C(F)(F)F)c1. The second-order valence-electron chi connectivity index (χ2n) is 5.69. The lowest BCUT2D eigenvalue weighted by Crippen LogP contribution is -2.14. The minimum Gasteiger partial charge on any atom is -0.496 e. The van der Waals surface area contributed by atoms with E-state index in [0.29, 0.717) is 29.2 Å². The summed E-state index contributed by atoms with van der Waals surface area (Å²) in [6.45, 7) is 0. The lowest BCUT2D eigenvalue weighted by molar-refractivity contribution is -0.143. The van der Waals surface area contributed by atoms with Crippen LogP contribution in [0.2, 0.25) is 0 Å². The number of alkyl halides is 6. The quantitative estimate of drug-likeness (QED) is 0.522. The smallest absolute Gasteiger partial charge is 0.416 e. The highest BCUT2D eigenvalue weighted by Gasteiger charge is 2.37. The third-order valence-electron chi connectivity index (χ3n) is 3.72. The molecule has 0 aliphatic rings. The van der Waals surface area contributed by atoms with E-state index in [4.69, 9.17) is 9.47 Å². The maximum absolute atomic E-state index is 12.9. The van der Waals surface area contributed by atoms with Gasteiger partial charge in [0.25, 0.3) is 0 Å². The summed E-state index contributed by atoms with van der Waals surface area (Å²) in [6.07, 6.45) is -7.82. The second-order valence-corrected chi connectivity index (χ2v) is 5.69. The molecule has 0 saturated carbocycles. The van der Waals surface area contributed by atoms with Crippen molar-refractivity contribution < 1.29 is 40.6 Å². The highest BCUT2D eigenvalue weighted by molar-refractivity contribution is 6.02. The molecule has 29 heavy (non-hydrogen) atoms. The summed E-state index contributed by atoms with van der Waals surface area (Å²) in [5, 5.41) is 2.00. The van der Waals surface area contributed by atoms with E-state index in [1.54, 1.807) is 18.2 Å². The Labute approximate surface area is 161 Å². The van der Waals surface area contributed by atoms with E-state index in [1.807, 2.05) is 5.32 Å². The molecule has 1 amide bonds. The number of carbonyl (C=O) groups excluding carboxylic acids is 1. The fourth-order valence-electron chi connectivity index (χ4n) is 2.41. The highest BCUT2D eigenvalue weighted by atomic mass is 19.4. The van der Waals surface area contributed by atoms with E-state index in [9.17, 15) is 31.1 Å². The Morgan fingerprint density at radius 2 is 1.38 bits per heavy atom. The molecule has 0 heterocycles. The largest absolute Gasteiger partial charge is 0.496 e. The van der Waals surface area contributed by atoms with Crippen molar-refractivity contribution >= 4 is 17.7 Å². The molecular formula is C19H15F6NO3. The summed E-state index contributed by atoms with van der Waals surface area (Å²) in [4.78, 5) is 12.1. The maximum Gasteiger partial charge on any atom is 0.416 e. The number of amides is 1. The first-order valence-corrected chi connectivity index (χ1v) is 7.95. The summed E-state index contributed by atoms with van der Waals surface area (Å²) in [6, 6.07) is 5.63. The molecule has 2 rings (SSSR count). The Morgan fingerprint density at radius 1 is 0.897 bits per heavy atom. The van der Waals surface area contributed by atoms with Crippen LogP contribution in [0.3, 0.4) is 0 Å². The lowest BCUT2D eigenvalue weighted by atomic mass is 10.1. The van der Waals surface area contributed by atoms with Crippen LogP contribution < -0.4 is 14.8 Å². The average Bonchev–Trinajstić information content (AvgIpc) is 2.64. The Bertz CT molecular complexity index is 865. The zero-order valence-corrected chi connectivity index (χ0v) is 15.1. The predicted molar refractivity (Wildman–Crippen MR) is 93.7 cm³/mol. The minimum atomic E-state index is -5.01. The molecule has 0 aromatic heterocycles. The van der Waals surface area contributed by atoms with Crippen LogP contribution in [0.15, 0.2) is 42.5 Å². The van der Waals surface area contributed by atoms with Crippen LogP contribution in [-0.2, 0) is 17.1 Å². The van der Waals surface area contributed by atoms with Crippen LogP contribution in [0.1, 0.15) is 16.7 Å². The zero-order chi connectivity index (χ0) is 21.8. The number of carbonyl (C=O) groups is 1. The van der Waals surface area contributed by atoms with Crippen LogP contribution >= 0.6 is 0 Å². The Morgan fingerprint density at radius 3 is 1.79 bits per heavy atom. The van der Waals surface area contributed by atoms with Crippen LogP contribution in [0.4, 0.5) is 32.0 Å². The fraction of sp³-hybridized carbons (Fsp3) is 0.211. The molecule has 0 spiro atoms. The number of nitrogens with one attached hydrogen (secondary N) is 1. The first-order valence-electron chi connectivity index (χ1n) is 7.95. The van der Waals surface area contributed by atoms with Crippen molar-refractivity contribution in [1.82, 2.24) is 0 Å². The molecule has 0 aliphatic heterocycles. The van der Waals surface area contributed by atoms with Gasteiger partial charge < -0.3 is 14.8 Å². The summed E-state index contributed by atoms with van der Waals surface area (Å²) < 4.78 is 87.6. The minimum absolute atomic E-state index is 0.0226. The summed E-state index contributed by atoms with van der Waals surface area (Å²) in [5.74, 6) is -0.232. The van der Waals surface area contributed by atoms with Crippen molar-refractivity contribution in [2.75, 3.05) is 19.5 Å². The number of benzene rings is 2. The van der Waals surface area contributed by atoms with Gasteiger partial charge in [-0.1, -0.05) is 6.07 Å². The standard InChI is InChI=1S/C19H15F6NO3/c1-28-15-4-3-5-16(29-2)14(15)6-7-17(27)26-13-9-11(18(20,21)22)8-12(10-13)19(23,24)25/h3-10H,1-2H3,(H,26,27)/b7-6+. The number of ether oxygens (including phenoxy) is 2. The van der Waals surface area contributed by atoms with Gasteiger partial charge in [-0.2, -0.15) is 26.3 Å². The number of rotatable bonds is 5. The topological polar surface area (TPSA) is 47.6 Å². The molecule has 0 saturated heterocycles. The van der Waals surface area contributed by atoms with Gasteiger partial charge in [-0.25, -0.2) is 0 Å². The molecule has 1 N–H and O–H groups in total. The van der Waals surface area contributed by atoms with Gasteiger partial charge in [0.15, 0.2) is 0 Å². The van der Waals surface area contributed by atoms with Crippen molar-refractivity contribution in [2.24, 2.45) is 0 Å². The molecule has 0 aliphatic carbocycles. The summed E-state index contributed by atoms with van der Waals surface area (Å²) in [7, 11) is 2.76. The highest BCUT2D eigenvalue weighted by Crippen LogP contribution is 2.37. The van der Waals surface area contributed by atoms with Gasteiger partial charge in [-0.15, -0.1) is 0 Å². The molecule has 2 aromatic carbocycles. The van der Waals surface area contributed by atoms with Crippen LogP contribution in [-0.4, -0.2) is 20.1 Å². The molecule has 4 nitrogen and oxygen atoms in total. The first kappa shape index (κ1) is 22.1. The first-order chi connectivity index (χ1) is 13.5. The second kappa shape index (κ2) is 8.46. The number of anilines is 1. The van der Waals surface area contributed by atoms with E-state index >= 15 is 0 Å². The third-order valence-corrected chi connectivity index (χ3v) is 3.72. The van der Waals surface area contributed by atoms with Gasteiger partial charge >= 0.3 is 12.4 Å². The van der Waals surface area contributed by atoms with Crippen molar-refractivity contribution in [1.29, 1.82) is 0 Å². The van der Waals surface area contributed by atoms with Crippen LogP contribution in [0.5, 0.6) is 11.5 Å². The van der Waals surface area contributed by atoms with Crippen molar-refractivity contribution in [3.05, 3.63) is 59.2 Å². The van der Waals surface area contributed by atoms with E-state index in [-0.39, 0.29) is 6.07 Å². The van der Waals surface area contributed by atoms with Gasteiger partial charge in [0, 0.05) is 11.8 Å². The van der Waals surface area contributed by atoms with Gasteiger partial charge in [-0.3, -0.25) is 4.79 Å². The van der Waals surface area contributed by atoms with Gasteiger partial charge in [0.1, 0.15) is 11.5 Å². The molecule has 0 atom stereocenters. The van der Waals surface area contributed by atoms with Crippen molar-refractivity contribution in [2.45, 2.75) is 12.4 Å². The lowest BCUT2D eigenvalue weighted by Gasteiger charge is -2.14. The van der Waals surface area contributed by atoms with Gasteiger partial charge in [0.05, 0.1) is 30.9 Å². The van der Waals surface area contributed by atoms with E-state index in [1.165, 1.54) is 20.3 Å². The molecule has 0 fully saturated rings. The van der Waals surface area contributed by atoms with E-state index in [0.717, 1.165) is 6.08 Å². The summed E-state index contributed by atoms with van der Waals surface area (Å²) >= 11 is 0. The third kappa shape index (κ3) is 5.66. The molecule has 156 valence electrons. The van der Waals surface area contributed by atoms with Crippen LogP contribution in [0, 0.1) is 0 Å². The van der Waals surface area contributed by atoms with E-state index in [2.05, 4.69) is 0 Å². The van der Waals surface area contributed by atoms with Crippen molar-refractivity contribution in [3.63, 3.8) is 0 Å². The molecule has 2 aromatic rings. The predicted octanol–water partition coefficient (Wildman–Crippen LogP) is 5.39. The fourth-order valence-corrected chi connectivity index (χ4v) is 2.41. The Kier molecular flexibility index (Phi) is 6.45.